The van der Waals surface area contributed by atoms with Crippen molar-refractivity contribution in [2.75, 3.05) is 75.9 Å². The van der Waals surface area contributed by atoms with E-state index in [4.69, 9.17) is 53.3 Å². The summed E-state index contributed by atoms with van der Waals surface area (Å²) >= 11 is 0. The summed E-state index contributed by atoms with van der Waals surface area (Å²) in [6, 6.07) is 12.2. The van der Waals surface area contributed by atoms with Crippen molar-refractivity contribution in [2.24, 2.45) is 34.4 Å². The Morgan fingerprint density at radius 3 is 1.04 bits per heavy atom. The first-order chi connectivity index (χ1) is 40.3. The molecule has 0 bridgehead atoms. The number of unbranched alkanes of at least 4 members (excludes halogenated alkanes) is 4. The molecule has 0 radical (unpaired) electrons. The van der Waals surface area contributed by atoms with Gasteiger partial charge in [0.05, 0.1) is 56.7 Å². The van der Waals surface area contributed by atoms with Crippen molar-refractivity contribution in [3.63, 3.8) is 0 Å². The van der Waals surface area contributed by atoms with Gasteiger partial charge in [-0.3, -0.25) is 38.4 Å². The average Bonchev–Trinajstić information content (AvgIpc) is 3.32. The summed E-state index contributed by atoms with van der Waals surface area (Å²) in [5, 5.41) is 21.7. The number of rotatable bonds is 36. The van der Waals surface area contributed by atoms with E-state index < -0.39 is 77.5 Å². The minimum absolute atomic E-state index is 0.0109. The molecule has 4 atom stereocenters. The number of carbonyl (C=O) groups excluding carboxylic acids is 9. The number of primary amides is 2. The van der Waals surface area contributed by atoms with E-state index in [0.717, 1.165) is 0 Å². The van der Waals surface area contributed by atoms with E-state index in [2.05, 4.69) is 42.5 Å². The Labute approximate surface area is 487 Å². The SMILES string of the molecule is COc1ccc(NC(=O)[C@H](CCCCCN)NC(=O)c2cc(NC(=O)[C@H](CCCCN)NC(=O)c3cc(NC(=O)[C@H](CCCCN)NC(=O)c4cc(NC(=O)[C@@H](N)CCCNC(N)=O)ccc4OC)ccc3OC)ccc2OC)cc1C(N)=O. The Bertz CT molecular complexity index is 2930. The van der Waals surface area contributed by atoms with Crippen molar-refractivity contribution < 1.29 is 62.1 Å². The van der Waals surface area contributed by atoms with Crippen LogP contribution >= 0.6 is 0 Å². The van der Waals surface area contributed by atoms with Crippen LogP contribution in [-0.4, -0.2) is 132 Å². The van der Waals surface area contributed by atoms with Gasteiger partial charge in [0, 0.05) is 29.3 Å². The molecule has 0 spiro atoms. The molecule has 0 saturated carbocycles. The Kier molecular flexibility index (Phi) is 28.2. The van der Waals surface area contributed by atoms with Crippen molar-refractivity contribution in [1.29, 1.82) is 0 Å². The Balaban J connectivity index is 1.54. The molecule has 0 saturated heterocycles. The molecule has 10 amide bonds. The molecule has 84 heavy (non-hydrogen) atoms. The molecule has 0 aliphatic carbocycles. The van der Waals surface area contributed by atoms with E-state index >= 15 is 0 Å². The lowest BCUT2D eigenvalue weighted by molar-refractivity contribution is -0.118. The van der Waals surface area contributed by atoms with Gasteiger partial charge < -0.3 is 95.9 Å². The molecule has 4 aromatic carbocycles. The molecular weight excluding hydrogens is 1090 g/mol. The highest BCUT2D eigenvalue weighted by atomic mass is 16.5. The van der Waals surface area contributed by atoms with E-state index in [1.165, 1.54) is 101 Å². The molecule has 20 N–H and O–H groups in total. The van der Waals surface area contributed by atoms with Crippen LogP contribution in [0.5, 0.6) is 23.0 Å². The summed E-state index contributed by atoms with van der Waals surface area (Å²) < 4.78 is 21.7. The molecule has 4 rings (SSSR count). The number of nitrogens with two attached hydrogens (primary N) is 6. The number of nitrogens with one attached hydrogen (secondary N) is 8. The summed E-state index contributed by atoms with van der Waals surface area (Å²) in [4.78, 5) is 120. The van der Waals surface area contributed by atoms with E-state index in [1.54, 1.807) is 0 Å². The van der Waals surface area contributed by atoms with Crippen LogP contribution in [0.15, 0.2) is 72.8 Å². The van der Waals surface area contributed by atoms with E-state index in [9.17, 15) is 43.2 Å². The highest BCUT2D eigenvalue weighted by molar-refractivity contribution is 6.07. The predicted molar refractivity (Wildman–Crippen MR) is 317 cm³/mol. The normalized spacial score (nSPS) is 12.2. The number of anilines is 4. The molecule has 0 fully saturated rings. The summed E-state index contributed by atoms with van der Waals surface area (Å²) in [5.74, 6) is -4.87. The molecule has 27 nitrogen and oxygen atoms in total. The number of benzene rings is 4. The molecule has 0 aliphatic heterocycles. The van der Waals surface area contributed by atoms with Gasteiger partial charge in [0.15, 0.2) is 0 Å². The van der Waals surface area contributed by atoms with Gasteiger partial charge in [-0.05, 0) is 157 Å². The minimum Gasteiger partial charge on any atom is -0.496 e. The zero-order chi connectivity index (χ0) is 61.7. The maximum atomic E-state index is 14.3. The fourth-order valence-electron chi connectivity index (χ4n) is 8.63. The lowest BCUT2D eigenvalue weighted by Gasteiger charge is -2.22. The van der Waals surface area contributed by atoms with Gasteiger partial charge in [-0.2, -0.15) is 0 Å². The molecule has 0 aliphatic rings. The van der Waals surface area contributed by atoms with Crippen LogP contribution in [0.3, 0.4) is 0 Å². The second-order valence-electron chi connectivity index (χ2n) is 19.3. The van der Waals surface area contributed by atoms with Crippen molar-refractivity contribution in [2.45, 2.75) is 101 Å². The summed E-state index contributed by atoms with van der Waals surface area (Å²) in [6.07, 6.45) is 4.87. The Morgan fingerprint density at radius 1 is 0.405 bits per heavy atom. The maximum Gasteiger partial charge on any atom is 0.312 e. The molecule has 0 heterocycles. The van der Waals surface area contributed by atoms with Crippen LogP contribution in [0.2, 0.25) is 0 Å². The molecule has 0 aromatic heterocycles. The van der Waals surface area contributed by atoms with Gasteiger partial charge in [0.25, 0.3) is 23.6 Å². The van der Waals surface area contributed by atoms with Crippen molar-refractivity contribution >= 4 is 76.0 Å². The van der Waals surface area contributed by atoms with E-state index in [1.807, 2.05) is 0 Å². The number of methoxy groups -OCH3 is 4. The quantitative estimate of drug-likeness (QED) is 0.0291. The van der Waals surface area contributed by atoms with Gasteiger partial charge in [0.2, 0.25) is 23.6 Å². The maximum absolute atomic E-state index is 14.3. The van der Waals surface area contributed by atoms with E-state index in [0.29, 0.717) is 71.0 Å². The van der Waals surface area contributed by atoms with Crippen LogP contribution in [0, 0.1) is 0 Å². The number of ether oxygens (including phenoxy) is 4. The second-order valence-corrected chi connectivity index (χ2v) is 19.3. The van der Waals surface area contributed by atoms with Crippen LogP contribution in [0.25, 0.3) is 0 Å². The Hall–Kier alpha value is -9.05. The van der Waals surface area contributed by atoms with Crippen LogP contribution in [0.4, 0.5) is 27.5 Å². The standard InChI is InChI=1S/C57H80N14O13/c1-81-45-21-17-33(29-37(45)49(62)72)66-54(77)42(14-6-5-9-25-58)69-51(74)39-31-35(19-23-47(39)83-3)67-56(79)44(16-8-11-27-60)71-52(75)40-32-36(20-24-48(40)84-4)68-55(78)43(15-7-10-26-59)70-50(73)38-30-34(18-22-46(38)82-2)65-53(76)41(61)13-12-28-64-57(63)80/h17-24,29-32,41-44H,5-16,25-28,58-61H2,1-4H3,(H2,62,72)(H,65,76)(H,66,77)(H,67,79)(H,68,78)(H,69,74)(H,70,73)(H,71,75)(H3,63,64,80)/t41-,42-,43-,44-/m0/s1. The summed E-state index contributed by atoms with van der Waals surface area (Å²) in [6.45, 7) is 1.28. The molecule has 4 aromatic rings. The third-order valence-corrected chi connectivity index (χ3v) is 13.2. The number of urea groups is 1. The average molecular weight is 1170 g/mol. The van der Waals surface area contributed by atoms with Crippen molar-refractivity contribution in [3.05, 3.63) is 95.1 Å². The van der Waals surface area contributed by atoms with Crippen LogP contribution < -0.4 is 95.9 Å². The van der Waals surface area contributed by atoms with Crippen molar-refractivity contribution in [1.82, 2.24) is 21.3 Å². The van der Waals surface area contributed by atoms with Gasteiger partial charge in [-0.15, -0.1) is 0 Å². The lowest BCUT2D eigenvalue weighted by Crippen LogP contribution is -2.44. The summed E-state index contributed by atoms with van der Waals surface area (Å²) in [7, 11) is 5.41. The number of hydrogen-bond acceptors (Lipinski definition) is 17. The summed E-state index contributed by atoms with van der Waals surface area (Å²) in [5.41, 5.74) is 34.6. The number of amides is 10. The smallest absolute Gasteiger partial charge is 0.312 e. The van der Waals surface area contributed by atoms with Gasteiger partial charge in [-0.1, -0.05) is 12.8 Å². The second kappa shape index (κ2) is 35.1. The zero-order valence-electron chi connectivity index (χ0n) is 47.8. The fraction of sp³-hybridized carbons (Fsp3) is 0.421. The highest BCUT2D eigenvalue weighted by Gasteiger charge is 2.29. The number of carbonyl (C=O) groups is 9. The monoisotopic (exact) mass is 1170 g/mol. The fourth-order valence-corrected chi connectivity index (χ4v) is 8.63. The van der Waals surface area contributed by atoms with Gasteiger partial charge >= 0.3 is 6.03 Å². The first kappa shape index (κ1) is 67.5. The predicted octanol–water partition coefficient (Wildman–Crippen LogP) is 2.52. The third kappa shape index (κ3) is 21.0. The van der Waals surface area contributed by atoms with Crippen LogP contribution in [0.1, 0.15) is 118 Å². The lowest BCUT2D eigenvalue weighted by atomic mass is 10.0. The first-order valence-corrected chi connectivity index (χ1v) is 27.4. The highest BCUT2D eigenvalue weighted by Crippen LogP contribution is 2.28. The molecule has 27 heteroatoms. The topological polar surface area (TPSA) is 443 Å². The Morgan fingerprint density at radius 2 is 0.714 bits per heavy atom. The third-order valence-electron chi connectivity index (χ3n) is 13.2. The molecule has 0 unspecified atom stereocenters. The zero-order valence-corrected chi connectivity index (χ0v) is 47.8. The minimum atomic E-state index is -1.18. The van der Waals surface area contributed by atoms with Gasteiger partial charge in [0.1, 0.15) is 41.1 Å². The molecular formula is C57H80N14O13. The van der Waals surface area contributed by atoms with Crippen molar-refractivity contribution in [3.8, 4) is 23.0 Å². The molecule has 456 valence electrons. The first-order valence-electron chi connectivity index (χ1n) is 27.4. The van der Waals surface area contributed by atoms with Gasteiger partial charge in [-0.25, -0.2) is 4.79 Å². The largest absolute Gasteiger partial charge is 0.496 e. The number of hydrogen-bond donors (Lipinski definition) is 14. The van der Waals surface area contributed by atoms with Crippen LogP contribution in [-0.2, 0) is 19.2 Å². The van der Waals surface area contributed by atoms with E-state index in [-0.39, 0.29) is 100 Å².